The van der Waals surface area contributed by atoms with Crippen LogP contribution in [0.25, 0.3) is 5.57 Å². The molecule has 0 saturated carbocycles. The Morgan fingerprint density at radius 2 is 1.94 bits per heavy atom. The molecule has 0 unspecified atom stereocenters. The number of ketones is 1. The molecule has 0 amide bonds. The molecule has 18 heavy (non-hydrogen) atoms. The van der Waals surface area contributed by atoms with E-state index in [-0.39, 0.29) is 5.78 Å². The van der Waals surface area contributed by atoms with Crippen LogP contribution in [0, 0.1) is 0 Å². The molecule has 0 aromatic heterocycles. The van der Waals surface area contributed by atoms with Gasteiger partial charge in [-0.2, -0.15) is 0 Å². The van der Waals surface area contributed by atoms with Gasteiger partial charge >= 0.3 is 0 Å². The molecule has 0 atom stereocenters. The van der Waals surface area contributed by atoms with Crippen molar-refractivity contribution in [2.45, 2.75) is 33.1 Å². The van der Waals surface area contributed by atoms with E-state index >= 15 is 0 Å². The Morgan fingerprint density at radius 3 is 2.50 bits per heavy atom. The fourth-order valence-corrected chi connectivity index (χ4v) is 2.29. The van der Waals surface area contributed by atoms with Crippen LogP contribution in [0.2, 0.25) is 0 Å². The van der Waals surface area contributed by atoms with Gasteiger partial charge in [-0.1, -0.05) is 36.8 Å². The van der Waals surface area contributed by atoms with Crippen LogP contribution < -0.4 is 0 Å². The molecule has 0 spiro atoms. The van der Waals surface area contributed by atoms with Crippen molar-refractivity contribution < 1.29 is 9.90 Å². The van der Waals surface area contributed by atoms with Crippen molar-refractivity contribution in [2.24, 2.45) is 0 Å². The minimum Gasteiger partial charge on any atom is -0.508 e. The lowest BCUT2D eigenvalue weighted by Gasteiger charge is -2.16. The molecule has 1 N–H and O–H groups in total. The lowest BCUT2D eigenvalue weighted by Crippen LogP contribution is -2.00. The Hall–Kier alpha value is -1.83. The maximum absolute atomic E-state index is 11.6. The summed E-state index contributed by atoms with van der Waals surface area (Å²) in [6.45, 7) is 3.91. The number of benzene rings is 1. The van der Waals surface area contributed by atoms with Crippen molar-refractivity contribution in [1.29, 1.82) is 0 Å². The highest BCUT2D eigenvalue weighted by Crippen LogP contribution is 2.31. The molecule has 2 heteroatoms. The average molecular weight is 242 g/mol. The van der Waals surface area contributed by atoms with Crippen molar-refractivity contribution in [1.82, 2.24) is 0 Å². The summed E-state index contributed by atoms with van der Waals surface area (Å²) in [6, 6.07) is 7.50. The first-order valence-electron chi connectivity index (χ1n) is 6.36. The zero-order valence-electron chi connectivity index (χ0n) is 10.9. The van der Waals surface area contributed by atoms with Gasteiger partial charge in [0.2, 0.25) is 0 Å². The lowest BCUT2D eigenvalue weighted by molar-refractivity contribution is 0.0988. The summed E-state index contributed by atoms with van der Waals surface area (Å²) in [6.07, 6.45) is 4.25. The fraction of sp³-hybridized carbons (Fsp3) is 0.312. The van der Waals surface area contributed by atoms with Gasteiger partial charge < -0.3 is 5.11 Å². The lowest BCUT2D eigenvalue weighted by atomic mass is 9.91. The second-order valence-electron chi connectivity index (χ2n) is 4.64. The van der Waals surface area contributed by atoms with E-state index in [1.54, 1.807) is 0 Å². The number of carbonyl (C=O) groups excluding carboxylic acids is 1. The smallest absolute Gasteiger partial charge is 0.162 e. The normalized spacial score (nSPS) is 15.6. The van der Waals surface area contributed by atoms with Crippen LogP contribution in [0.15, 0.2) is 41.7 Å². The fourth-order valence-electron chi connectivity index (χ4n) is 2.29. The summed E-state index contributed by atoms with van der Waals surface area (Å²) in [5.74, 6) is 0.504. The Balaban J connectivity index is 2.35. The van der Waals surface area contributed by atoms with Crippen molar-refractivity contribution in [2.75, 3.05) is 0 Å². The highest BCUT2D eigenvalue weighted by molar-refractivity contribution is 5.96. The average Bonchev–Trinajstić information content (AvgIpc) is 2.38. The van der Waals surface area contributed by atoms with Gasteiger partial charge in [0.1, 0.15) is 5.76 Å². The number of aliphatic hydroxyl groups is 1. The van der Waals surface area contributed by atoms with Gasteiger partial charge in [0.05, 0.1) is 0 Å². The zero-order chi connectivity index (χ0) is 13.1. The number of aliphatic hydroxyl groups excluding tert-OH is 1. The highest BCUT2D eigenvalue weighted by Gasteiger charge is 2.14. The number of carbonyl (C=O) groups is 1. The van der Waals surface area contributed by atoms with E-state index in [1.165, 1.54) is 5.57 Å². The number of rotatable bonds is 3. The largest absolute Gasteiger partial charge is 0.508 e. The second kappa shape index (κ2) is 5.21. The summed E-state index contributed by atoms with van der Waals surface area (Å²) in [5, 5.41) is 9.95. The third-order valence-electron chi connectivity index (χ3n) is 3.36. The van der Waals surface area contributed by atoms with E-state index < -0.39 is 0 Å². The molecule has 94 valence electrons. The predicted molar refractivity (Wildman–Crippen MR) is 73.6 cm³/mol. The topological polar surface area (TPSA) is 37.3 Å². The number of hydrogen-bond donors (Lipinski definition) is 1. The first kappa shape index (κ1) is 12.6. The highest BCUT2D eigenvalue weighted by atomic mass is 16.3. The molecule has 0 heterocycles. The monoisotopic (exact) mass is 242 g/mol. The number of hydrogen-bond acceptors (Lipinski definition) is 2. The predicted octanol–water partition coefficient (Wildman–Crippen LogP) is 4.29. The SMILES string of the molecule is CCC(=O)c1ccc(C2=C(C)CCC=C2O)cc1. The van der Waals surface area contributed by atoms with E-state index in [1.807, 2.05) is 44.2 Å². The van der Waals surface area contributed by atoms with Crippen molar-refractivity contribution in [3.63, 3.8) is 0 Å². The maximum atomic E-state index is 11.6. The molecule has 2 nitrogen and oxygen atoms in total. The first-order valence-corrected chi connectivity index (χ1v) is 6.36. The second-order valence-corrected chi connectivity index (χ2v) is 4.64. The molecule has 1 aliphatic rings. The molecule has 1 aliphatic carbocycles. The van der Waals surface area contributed by atoms with Gasteiger partial charge in [-0.15, -0.1) is 0 Å². The van der Waals surface area contributed by atoms with Gasteiger partial charge in [-0.05, 0) is 31.4 Å². The van der Waals surface area contributed by atoms with E-state index in [4.69, 9.17) is 0 Å². The van der Waals surface area contributed by atoms with Crippen molar-refractivity contribution in [3.05, 3.63) is 52.8 Å². The summed E-state index contributed by atoms with van der Waals surface area (Å²) in [4.78, 5) is 11.6. The van der Waals surface area contributed by atoms with Gasteiger partial charge in [0.25, 0.3) is 0 Å². The molecule has 1 aromatic carbocycles. The quantitative estimate of drug-likeness (QED) is 0.803. The zero-order valence-corrected chi connectivity index (χ0v) is 10.9. The molecule has 0 aliphatic heterocycles. The number of Topliss-reactive ketones (excluding diaryl/α,β-unsaturated/α-hetero) is 1. The molecule has 0 bridgehead atoms. The van der Waals surface area contributed by atoms with Crippen LogP contribution in [-0.4, -0.2) is 10.9 Å². The molecular formula is C16H18O2. The Morgan fingerprint density at radius 1 is 1.28 bits per heavy atom. The molecule has 0 saturated heterocycles. The number of allylic oxidation sites excluding steroid dienone is 3. The van der Waals surface area contributed by atoms with Gasteiger partial charge in [-0.3, -0.25) is 4.79 Å². The van der Waals surface area contributed by atoms with E-state index in [0.29, 0.717) is 12.2 Å². The van der Waals surface area contributed by atoms with E-state index in [9.17, 15) is 9.90 Å². The van der Waals surface area contributed by atoms with Crippen LogP contribution in [0.5, 0.6) is 0 Å². The van der Waals surface area contributed by atoms with Crippen LogP contribution >= 0.6 is 0 Å². The van der Waals surface area contributed by atoms with Gasteiger partial charge in [0.15, 0.2) is 5.78 Å². The molecule has 1 aromatic rings. The Labute approximate surface area is 108 Å². The summed E-state index contributed by atoms with van der Waals surface area (Å²) < 4.78 is 0. The van der Waals surface area contributed by atoms with Gasteiger partial charge in [-0.25, -0.2) is 0 Å². The minimum atomic E-state index is 0.149. The van der Waals surface area contributed by atoms with Crippen molar-refractivity contribution in [3.8, 4) is 0 Å². The maximum Gasteiger partial charge on any atom is 0.162 e. The van der Waals surface area contributed by atoms with Crippen LogP contribution in [-0.2, 0) is 0 Å². The summed E-state index contributed by atoms with van der Waals surface area (Å²) >= 11 is 0. The van der Waals surface area contributed by atoms with Crippen molar-refractivity contribution >= 4 is 11.4 Å². The third kappa shape index (κ3) is 2.37. The Bertz CT molecular complexity index is 519. The molecule has 2 rings (SSSR count). The van der Waals surface area contributed by atoms with Gasteiger partial charge in [0, 0.05) is 17.6 Å². The molecular weight excluding hydrogens is 224 g/mol. The van der Waals surface area contributed by atoms with Crippen LogP contribution in [0.1, 0.15) is 49.0 Å². The van der Waals surface area contributed by atoms with E-state index in [2.05, 4.69) is 0 Å². The van der Waals surface area contributed by atoms with Crippen LogP contribution in [0.4, 0.5) is 0 Å². The molecule has 0 radical (unpaired) electrons. The van der Waals surface area contributed by atoms with Crippen LogP contribution in [0.3, 0.4) is 0 Å². The Kier molecular flexibility index (Phi) is 3.66. The summed E-state index contributed by atoms with van der Waals surface area (Å²) in [5.41, 5.74) is 3.83. The standard InChI is InChI=1S/C16H18O2/c1-3-14(17)12-7-9-13(10-8-12)16-11(2)5-4-6-15(16)18/h6-10,18H,3-5H2,1-2H3. The first-order chi connectivity index (χ1) is 8.63. The minimum absolute atomic E-state index is 0.149. The third-order valence-corrected chi connectivity index (χ3v) is 3.36. The van der Waals surface area contributed by atoms with E-state index in [0.717, 1.165) is 29.5 Å². The summed E-state index contributed by atoms with van der Waals surface area (Å²) in [7, 11) is 0. The molecule has 0 fully saturated rings.